The first-order valence-electron chi connectivity index (χ1n) is 10.2. The quantitative estimate of drug-likeness (QED) is 0.619. The maximum absolute atomic E-state index is 13.6. The zero-order valence-electron chi connectivity index (χ0n) is 18.9. The molecule has 0 spiro atoms. The number of anilines is 2. The lowest BCUT2D eigenvalue weighted by atomic mass is 10.0. The number of hydrogen-bond donors (Lipinski definition) is 1. The zero-order valence-corrected chi connectivity index (χ0v) is 19.7. The molecule has 2 aromatic carbocycles. The molecule has 1 heterocycles. The number of rotatable bonds is 7. The van der Waals surface area contributed by atoms with Crippen LogP contribution >= 0.6 is 0 Å². The first-order valence-corrected chi connectivity index (χ1v) is 11.6. The lowest BCUT2D eigenvalue weighted by Crippen LogP contribution is -2.39. The highest BCUT2D eigenvalue weighted by Crippen LogP contribution is 2.45. The Balaban J connectivity index is 2.20. The molecular weight excluding hydrogens is 428 g/mol. The van der Waals surface area contributed by atoms with Gasteiger partial charge < -0.3 is 14.8 Å². The van der Waals surface area contributed by atoms with Gasteiger partial charge in [-0.1, -0.05) is 38.1 Å². The summed E-state index contributed by atoms with van der Waals surface area (Å²) >= 11 is 0. The largest absolute Gasteiger partial charge is 0.493 e. The van der Waals surface area contributed by atoms with E-state index in [1.165, 1.54) is 20.3 Å². The van der Waals surface area contributed by atoms with Crippen molar-refractivity contribution in [3.05, 3.63) is 65.1 Å². The molecule has 0 atom stereocenters. The smallest absolute Gasteiger partial charge is 0.270 e. The monoisotopic (exact) mass is 456 g/mol. The van der Waals surface area contributed by atoms with E-state index in [0.717, 1.165) is 9.87 Å². The van der Waals surface area contributed by atoms with Crippen LogP contribution in [0.3, 0.4) is 0 Å². The first-order chi connectivity index (χ1) is 15.2. The predicted octanol–water partition coefficient (Wildman–Crippen LogP) is 4.53. The van der Waals surface area contributed by atoms with Crippen molar-refractivity contribution < 1.29 is 22.7 Å². The maximum Gasteiger partial charge on any atom is 0.270 e. The Morgan fingerprint density at radius 1 is 1.16 bits per heavy atom. The van der Waals surface area contributed by atoms with Crippen molar-refractivity contribution in [2.24, 2.45) is 0 Å². The number of allylic oxidation sites excluding steroid dienone is 1. The second kappa shape index (κ2) is 9.08. The van der Waals surface area contributed by atoms with Crippen LogP contribution in [0.4, 0.5) is 11.4 Å². The fraction of sp³-hybridized carbons (Fsp3) is 0.292. The summed E-state index contributed by atoms with van der Waals surface area (Å²) in [5.74, 6) is 0.291. The molecule has 1 amide bonds. The normalized spacial score (nSPS) is 14.8. The van der Waals surface area contributed by atoms with E-state index in [-0.39, 0.29) is 17.4 Å². The van der Waals surface area contributed by atoms with Gasteiger partial charge >= 0.3 is 0 Å². The van der Waals surface area contributed by atoms with Gasteiger partial charge in [0.05, 0.1) is 26.5 Å². The average molecular weight is 457 g/mol. The fourth-order valence-corrected chi connectivity index (χ4v) is 5.54. The molecule has 0 fully saturated rings. The topological polar surface area (TPSA) is 84.9 Å². The van der Waals surface area contributed by atoms with Crippen molar-refractivity contribution in [2.75, 3.05) is 30.4 Å². The summed E-state index contributed by atoms with van der Waals surface area (Å²) in [6, 6.07) is 10.6. The van der Waals surface area contributed by atoms with Crippen LogP contribution < -0.4 is 19.1 Å². The van der Waals surface area contributed by atoms with Gasteiger partial charge in [0, 0.05) is 17.3 Å². The zero-order chi connectivity index (χ0) is 23.6. The van der Waals surface area contributed by atoms with E-state index >= 15 is 0 Å². The highest BCUT2D eigenvalue weighted by molar-refractivity contribution is 7.97. The first kappa shape index (κ1) is 23.4. The predicted molar refractivity (Wildman–Crippen MR) is 128 cm³/mol. The molecule has 170 valence electrons. The molecule has 1 aliphatic heterocycles. The third-order valence-electron chi connectivity index (χ3n) is 5.40. The van der Waals surface area contributed by atoms with Crippen molar-refractivity contribution in [3.63, 3.8) is 0 Å². The number of ether oxygens (including phenoxy) is 2. The molecule has 3 rings (SSSR count). The maximum atomic E-state index is 13.6. The molecule has 0 aliphatic carbocycles. The Morgan fingerprint density at radius 3 is 2.38 bits per heavy atom. The number of amides is 1. The Bertz CT molecular complexity index is 1200. The molecule has 0 saturated carbocycles. The van der Waals surface area contributed by atoms with Crippen LogP contribution in [-0.2, 0) is 14.8 Å². The lowest BCUT2D eigenvalue weighted by Gasteiger charge is -2.32. The SMILES string of the molecule is C=CCN1c2cc(OC)c(OC)cc2C(C)=C(C(=O)Nc2ccccc2C(C)C)S1(=O)=O. The van der Waals surface area contributed by atoms with Crippen molar-refractivity contribution in [3.8, 4) is 11.5 Å². The van der Waals surface area contributed by atoms with E-state index in [1.807, 2.05) is 26.0 Å². The number of nitrogens with zero attached hydrogens (tertiary/aromatic N) is 1. The summed E-state index contributed by atoms with van der Waals surface area (Å²) in [6.07, 6.45) is 1.47. The molecule has 2 aromatic rings. The summed E-state index contributed by atoms with van der Waals surface area (Å²) in [5, 5.41) is 2.81. The van der Waals surface area contributed by atoms with Crippen LogP contribution in [0.15, 0.2) is 54.0 Å². The van der Waals surface area contributed by atoms with E-state index in [2.05, 4.69) is 11.9 Å². The summed E-state index contributed by atoms with van der Waals surface area (Å²) in [4.78, 5) is 13.0. The Kier molecular flexibility index (Phi) is 6.64. The Labute approximate surface area is 189 Å². The van der Waals surface area contributed by atoms with Crippen LogP contribution in [0.1, 0.15) is 37.8 Å². The molecule has 8 heteroatoms. The molecule has 0 bridgehead atoms. The third kappa shape index (κ3) is 3.98. The molecule has 0 saturated heterocycles. The summed E-state index contributed by atoms with van der Waals surface area (Å²) < 4.78 is 39.0. The molecule has 0 radical (unpaired) electrons. The van der Waals surface area contributed by atoms with Gasteiger partial charge in [0.1, 0.15) is 0 Å². The highest BCUT2D eigenvalue weighted by Gasteiger charge is 2.40. The van der Waals surface area contributed by atoms with Gasteiger partial charge in [0.15, 0.2) is 16.4 Å². The van der Waals surface area contributed by atoms with Crippen molar-refractivity contribution in [2.45, 2.75) is 26.7 Å². The molecular formula is C24H28N2O5S. The molecule has 7 nitrogen and oxygen atoms in total. The molecule has 1 aliphatic rings. The van der Waals surface area contributed by atoms with E-state index in [0.29, 0.717) is 34.0 Å². The Morgan fingerprint density at radius 2 is 1.78 bits per heavy atom. The van der Waals surface area contributed by atoms with E-state index in [4.69, 9.17) is 9.47 Å². The van der Waals surface area contributed by atoms with E-state index in [1.54, 1.807) is 31.2 Å². The number of carbonyl (C=O) groups is 1. The van der Waals surface area contributed by atoms with Crippen LogP contribution in [0.5, 0.6) is 11.5 Å². The van der Waals surface area contributed by atoms with Crippen LogP contribution in [0.2, 0.25) is 0 Å². The van der Waals surface area contributed by atoms with Gasteiger partial charge in [-0.2, -0.15) is 0 Å². The molecule has 1 N–H and O–H groups in total. The minimum Gasteiger partial charge on any atom is -0.493 e. The van der Waals surface area contributed by atoms with Crippen molar-refractivity contribution in [1.29, 1.82) is 0 Å². The summed E-state index contributed by atoms with van der Waals surface area (Å²) in [5.41, 5.74) is 2.81. The number of fused-ring (bicyclic) bond motifs is 1. The van der Waals surface area contributed by atoms with Gasteiger partial charge in [-0.3, -0.25) is 9.10 Å². The second-order valence-corrected chi connectivity index (χ2v) is 9.50. The molecule has 32 heavy (non-hydrogen) atoms. The number of hydrogen-bond acceptors (Lipinski definition) is 5. The third-order valence-corrected chi connectivity index (χ3v) is 7.33. The van der Waals surface area contributed by atoms with E-state index in [9.17, 15) is 13.2 Å². The number of carbonyl (C=O) groups excluding carboxylic acids is 1. The van der Waals surface area contributed by atoms with Crippen molar-refractivity contribution >= 4 is 32.9 Å². The van der Waals surface area contributed by atoms with Crippen molar-refractivity contribution in [1.82, 2.24) is 0 Å². The minimum atomic E-state index is -4.15. The number of nitrogens with one attached hydrogen (secondary N) is 1. The van der Waals surface area contributed by atoms with Gasteiger partial charge in [0.25, 0.3) is 15.9 Å². The highest BCUT2D eigenvalue weighted by atomic mass is 32.2. The number of benzene rings is 2. The van der Waals surface area contributed by atoms with Gasteiger partial charge in [-0.25, -0.2) is 8.42 Å². The second-order valence-electron chi connectivity index (χ2n) is 7.70. The standard InChI is InChI=1S/C24H28N2O5S/c1-7-12-26-20-14-22(31-6)21(30-5)13-18(20)16(4)23(32(26,28)29)24(27)25-19-11-9-8-10-17(19)15(2)3/h7-11,13-15H,1,12H2,2-6H3,(H,25,27). The minimum absolute atomic E-state index is 0.00252. The number of methoxy groups -OCH3 is 2. The fourth-order valence-electron chi connectivity index (χ4n) is 3.82. The van der Waals surface area contributed by atoms with Crippen LogP contribution in [0, 0.1) is 0 Å². The average Bonchev–Trinajstić information content (AvgIpc) is 2.75. The Hall–Kier alpha value is -3.26. The van der Waals surface area contributed by atoms with Crippen LogP contribution in [0.25, 0.3) is 5.57 Å². The van der Waals surface area contributed by atoms with Crippen LogP contribution in [-0.4, -0.2) is 35.1 Å². The van der Waals surface area contributed by atoms with E-state index < -0.39 is 15.9 Å². The molecule has 0 unspecified atom stereocenters. The van der Waals surface area contributed by atoms with Gasteiger partial charge in [0.2, 0.25) is 0 Å². The number of para-hydroxylation sites is 1. The number of sulfonamides is 1. The lowest BCUT2D eigenvalue weighted by molar-refractivity contribution is -0.112. The molecule has 0 aromatic heterocycles. The summed E-state index contributed by atoms with van der Waals surface area (Å²) in [7, 11) is -1.17. The van der Waals surface area contributed by atoms with Gasteiger partial charge in [-0.05, 0) is 36.1 Å². The van der Waals surface area contributed by atoms with Gasteiger partial charge in [-0.15, -0.1) is 6.58 Å². The summed E-state index contributed by atoms with van der Waals surface area (Å²) in [6.45, 7) is 9.31.